The monoisotopic (exact) mass is 276 g/mol. The lowest BCUT2D eigenvalue weighted by atomic mass is 9.93. The zero-order valence-electron chi connectivity index (χ0n) is 12.4. The lowest BCUT2D eigenvalue weighted by molar-refractivity contribution is -0.148. The van der Waals surface area contributed by atoms with Crippen LogP contribution >= 0.6 is 0 Å². The molecule has 0 fully saturated rings. The molecule has 3 nitrogen and oxygen atoms in total. The normalized spacial score (nSPS) is 11.9. The lowest BCUT2D eigenvalue weighted by Gasteiger charge is -2.14. The van der Waals surface area contributed by atoms with Gasteiger partial charge in [0.25, 0.3) is 0 Å². The van der Waals surface area contributed by atoms with Crippen LogP contribution in [0.25, 0.3) is 0 Å². The Balaban J connectivity index is 2.63. The predicted octanol–water partition coefficient (Wildman–Crippen LogP) is 4.02. The minimum absolute atomic E-state index is 0.0140. The molecule has 0 aliphatic rings. The molecule has 1 aromatic rings. The van der Waals surface area contributed by atoms with E-state index in [4.69, 9.17) is 4.74 Å². The fourth-order valence-corrected chi connectivity index (χ4v) is 2.17. The van der Waals surface area contributed by atoms with E-state index in [1.165, 1.54) is 0 Å². The summed E-state index contributed by atoms with van der Waals surface area (Å²) in [6.07, 6.45) is 4.11. The number of ketones is 1. The SMILES string of the molecule is CCCCCC(CC(=O)c1ccccc1)C(=O)OCC. The first-order chi connectivity index (χ1) is 9.69. The van der Waals surface area contributed by atoms with E-state index < -0.39 is 0 Å². The van der Waals surface area contributed by atoms with Crippen LogP contribution in [0.5, 0.6) is 0 Å². The molecule has 0 bridgehead atoms. The first-order valence-electron chi connectivity index (χ1n) is 7.43. The second kappa shape index (κ2) is 9.29. The van der Waals surface area contributed by atoms with Gasteiger partial charge < -0.3 is 4.74 Å². The Bertz CT molecular complexity index is 412. The van der Waals surface area contributed by atoms with Crippen molar-refractivity contribution in [1.29, 1.82) is 0 Å². The largest absolute Gasteiger partial charge is 0.466 e. The molecule has 0 radical (unpaired) electrons. The maximum absolute atomic E-state index is 12.2. The highest BCUT2D eigenvalue weighted by atomic mass is 16.5. The number of hydrogen-bond donors (Lipinski definition) is 0. The summed E-state index contributed by atoms with van der Waals surface area (Å²) in [5, 5.41) is 0. The van der Waals surface area contributed by atoms with Gasteiger partial charge in [-0.05, 0) is 13.3 Å². The fourth-order valence-electron chi connectivity index (χ4n) is 2.17. The summed E-state index contributed by atoms with van der Waals surface area (Å²) in [5.74, 6) is -0.540. The quantitative estimate of drug-likeness (QED) is 0.389. The van der Waals surface area contributed by atoms with E-state index in [0.29, 0.717) is 12.2 Å². The van der Waals surface area contributed by atoms with Gasteiger partial charge in [-0.1, -0.05) is 56.5 Å². The van der Waals surface area contributed by atoms with Gasteiger partial charge in [-0.2, -0.15) is 0 Å². The highest BCUT2D eigenvalue weighted by molar-refractivity contribution is 5.98. The molecule has 1 atom stereocenters. The summed E-state index contributed by atoms with van der Waals surface area (Å²) in [4.78, 5) is 24.1. The van der Waals surface area contributed by atoms with Crippen LogP contribution in [0.4, 0.5) is 0 Å². The van der Waals surface area contributed by atoms with Crippen molar-refractivity contribution in [2.75, 3.05) is 6.61 Å². The van der Waals surface area contributed by atoms with Crippen molar-refractivity contribution in [3.8, 4) is 0 Å². The van der Waals surface area contributed by atoms with Crippen molar-refractivity contribution in [1.82, 2.24) is 0 Å². The second-order valence-electron chi connectivity index (χ2n) is 4.94. The molecule has 20 heavy (non-hydrogen) atoms. The predicted molar refractivity (Wildman–Crippen MR) is 79.7 cm³/mol. The molecular formula is C17H24O3. The third-order valence-corrected chi connectivity index (χ3v) is 3.30. The number of unbranched alkanes of at least 4 members (excludes halogenated alkanes) is 2. The fraction of sp³-hybridized carbons (Fsp3) is 0.529. The first kappa shape index (κ1) is 16.4. The minimum Gasteiger partial charge on any atom is -0.466 e. The first-order valence-corrected chi connectivity index (χ1v) is 7.43. The maximum atomic E-state index is 12.2. The van der Waals surface area contributed by atoms with Crippen molar-refractivity contribution in [3.63, 3.8) is 0 Å². The third kappa shape index (κ3) is 5.55. The van der Waals surface area contributed by atoms with Crippen LogP contribution in [0, 0.1) is 5.92 Å². The van der Waals surface area contributed by atoms with Crippen LogP contribution < -0.4 is 0 Å². The van der Waals surface area contributed by atoms with Gasteiger partial charge in [0.2, 0.25) is 0 Å². The van der Waals surface area contributed by atoms with Crippen LogP contribution in [0.15, 0.2) is 30.3 Å². The van der Waals surface area contributed by atoms with E-state index >= 15 is 0 Å². The number of rotatable bonds is 9. The number of carbonyl (C=O) groups excluding carboxylic acids is 2. The van der Waals surface area contributed by atoms with Crippen molar-refractivity contribution >= 4 is 11.8 Å². The number of hydrogen-bond acceptors (Lipinski definition) is 3. The maximum Gasteiger partial charge on any atom is 0.309 e. The molecule has 0 saturated heterocycles. The average molecular weight is 276 g/mol. The zero-order chi connectivity index (χ0) is 14.8. The summed E-state index contributed by atoms with van der Waals surface area (Å²) in [7, 11) is 0. The van der Waals surface area contributed by atoms with Gasteiger partial charge in [0.1, 0.15) is 0 Å². The number of esters is 1. The summed E-state index contributed by atoms with van der Waals surface area (Å²) < 4.78 is 5.08. The van der Waals surface area contributed by atoms with Gasteiger partial charge in [-0.15, -0.1) is 0 Å². The van der Waals surface area contributed by atoms with Gasteiger partial charge in [-0.25, -0.2) is 0 Å². The molecule has 0 aliphatic heterocycles. The summed E-state index contributed by atoms with van der Waals surface area (Å²) in [5.41, 5.74) is 0.664. The van der Waals surface area contributed by atoms with Crippen LogP contribution in [-0.2, 0) is 9.53 Å². The van der Waals surface area contributed by atoms with Crippen LogP contribution in [-0.4, -0.2) is 18.4 Å². The number of carbonyl (C=O) groups is 2. The Kier molecular flexibility index (Phi) is 7.63. The highest BCUT2D eigenvalue weighted by Crippen LogP contribution is 2.18. The molecule has 0 N–H and O–H groups in total. The molecular weight excluding hydrogens is 252 g/mol. The molecule has 0 aliphatic carbocycles. The Hall–Kier alpha value is -1.64. The van der Waals surface area contributed by atoms with Crippen molar-refractivity contribution in [2.24, 2.45) is 5.92 Å². The molecule has 0 spiro atoms. The summed E-state index contributed by atoms with van der Waals surface area (Å²) in [6.45, 7) is 4.27. The van der Waals surface area contributed by atoms with Crippen molar-refractivity contribution < 1.29 is 14.3 Å². The second-order valence-corrected chi connectivity index (χ2v) is 4.94. The summed E-state index contributed by atoms with van der Waals surface area (Å²) in [6, 6.07) is 9.13. The van der Waals surface area contributed by atoms with Gasteiger partial charge in [-0.3, -0.25) is 9.59 Å². The Labute approximate surface area is 121 Å². The molecule has 0 aromatic heterocycles. The van der Waals surface area contributed by atoms with Crippen molar-refractivity contribution in [2.45, 2.75) is 46.0 Å². The number of benzene rings is 1. The van der Waals surface area contributed by atoms with Gasteiger partial charge >= 0.3 is 5.97 Å². The molecule has 1 rings (SSSR count). The molecule has 3 heteroatoms. The molecule has 0 heterocycles. The van der Waals surface area contributed by atoms with E-state index in [-0.39, 0.29) is 24.1 Å². The summed E-state index contributed by atoms with van der Waals surface area (Å²) >= 11 is 0. The third-order valence-electron chi connectivity index (χ3n) is 3.30. The standard InChI is InChI=1S/C17H24O3/c1-3-5-7-12-15(17(19)20-4-2)13-16(18)14-10-8-6-9-11-14/h6,8-11,15H,3-5,7,12-13H2,1-2H3. The van der Waals surface area contributed by atoms with Gasteiger partial charge in [0.05, 0.1) is 12.5 Å². The molecule has 1 aromatic carbocycles. The molecule has 0 saturated carbocycles. The van der Waals surface area contributed by atoms with Crippen LogP contribution in [0.3, 0.4) is 0 Å². The van der Waals surface area contributed by atoms with E-state index in [1.54, 1.807) is 19.1 Å². The molecule has 1 unspecified atom stereocenters. The minimum atomic E-state index is -0.311. The smallest absolute Gasteiger partial charge is 0.309 e. The van der Waals surface area contributed by atoms with E-state index in [1.807, 2.05) is 18.2 Å². The number of Topliss-reactive ketones (excluding diaryl/α,β-unsaturated/α-hetero) is 1. The zero-order valence-corrected chi connectivity index (χ0v) is 12.4. The topological polar surface area (TPSA) is 43.4 Å². The Morgan fingerprint density at radius 2 is 1.80 bits per heavy atom. The molecule has 110 valence electrons. The Morgan fingerprint density at radius 3 is 2.40 bits per heavy atom. The molecule has 0 amide bonds. The highest BCUT2D eigenvalue weighted by Gasteiger charge is 2.23. The lowest BCUT2D eigenvalue weighted by Crippen LogP contribution is -2.21. The van der Waals surface area contributed by atoms with Gasteiger partial charge in [0, 0.05) is 12.0 Å². The number of ether oxygens (including phenoxy) is 1. The van der Waals surface area contributed by atoms with Crippen LogP contribution in [0.1, 0.15) is 56.3 Å². The van der Waals surface area contributed by atoms with E-state index in [2.05, 4.69) is 6.92 Å². The van der Waals surface area contributed by atoms with Crippen LogP contribution in [0.2, 0.25) is 0 Å². The van der Waals surface area contributed by atoms with Gasteiger partial charge in [0.15, 0.2) is 5.78 Å². The Morgan fingerprint density at radius 1 is 1.10 bits per heavy atom. The van der Waals surface area contributed by atoms with E-state index in [0.717, 1.165) is 25.7 Å². The average Bonchev–Trinajstić information content (AvgIpc) is 2.47. The van der Waals surface area contributed by atoms with Crippen molar-refractivity contribution in [3.05, 3.63) is 35.9 Å². The van der Waals surface area contributed by atoms with E-state index in [9.17, 15) is 9.59 Å².